The Morgan fingerprint density at radius 3 is 2.55 bits per heavy atom. The second-order valence-corrected chi connectivity index (χ2v) is 8.98. The highest BCUT2D eigenvalue weighted by atomic mass is 32.2. The van der Waals surface area contributed by atoms with Gasteiger partial charge >= 0.3 is 0 Å². The van der Waals surface area contributed by atoms with E-state index in [2.05, 4.69) is 48.0 Å². The number of carbonyl (C=O) groups excluding carboxylic acids is 1. The number of hydrogen-bond donors (Lipinski definition) is 1. The van der Waals surface area contributed by atoms with Crippen LogP contribution < -0.4 is 5.32 Å². The maximum Gasteiger partial charge on any atom is 0.231 e. The van der Waals surface area contributed by atoms with Crippen LogP contribution in [0.3, 0.4) is 0 Å². The van der Waals surface area contributed by atoms with Crippen molar-refractivity contribution in [1.82, 2.24) is 14.9 Å². The molecule has 0 spiro atoms. The Morgan fingerprint density at radius 2 is 1.83 bits per heavy atom. The maximum atomic E-state index is 12.8. The normalized spacial score (nSPS) is 12.4. The third-order valence-electron chi connectivity index (χ3n) is 4.68. The molecule has 0 aliphatic rings. The summed E-state index contributed by atoms with van der Waals surface area (Å²) in [6.45, 7) is 4.28. The zero-order valence-corrected chi connectivity index (χ0v) is 18.0. The lowest BCUT2D eigenvalue weighted by atomic mass is 10.1. The van der Waals surface area contributed by atoms with Crippen molar-refractivity contribution >= 4 is 40.0 Å². The summed E-state index contributed by atoms with van der Waals surface area (Å²) in [6, 6.07) is 22.4. The van der Waals surface area contributed by atoms with Gasteiger partial charge in [0.25, 0.3) is 0 Å². The molecule has 4 nitrogen and oxygen atoms in total. The molecule has 4 rings (SSSR count). The van der Waals surface area contributed by atoms with E-state index in [9.17, 15) is 4.79 Å². The molecule has 2 aromatic heterocycles. The van der Waals surface area contributed by atoms with Crippen LogP contribution in [0.4, 0.5) is 0 Å². The number of fused-ring (bicyclic) bond motifs is 1. The minimum Gasteiger partial charge on any atom is -0.344 e. The molecule has 2 heterocycles. The Kier molecular flexibility index (Phi) is 6.02. The molecule has 1 unspecified atom stereocenters. The Hall–Kier alpha value is -2.57. The number of nitrogens with one attached hydrogen (secondary N) is 1. The van der Waals surface area contributed by atoms with E-state index < -0.39 is 0 Å². The van der Waals surface area contributed by atoms with E-state index in [-0.39, 0.29) is 18.0 Å². The van der Waals surface area contributed by atoms with E-state index in [4.69, 9.17) is 4.98 Å². The second kappa shape index (κ2) is 8.84. The van der Waals surface area contributed by atoms with Crippen molar-refractivity contribution in [2.24, 2.45) is 0 Å². The summed E-state index contributed by atoms with van der Waals surface area (Å²) < 4.78 is 2.20. The number of rotatable bonds is 7. The summed E-state index contributed by atoms with van der Waals surface area (Å²) in [5.41, 5.74) is 3.15. The Balaban J connectivity index is 1.51. The van der Waals surface area contributed by atoms with Gasteiger partial charge in [0.15, 0.2) is 5.16 Å². The van der Waals surface area contributed by atoms with Crippen molar-refractivity contribution in [2.45, 2.75) is 31.1 Å². The number of nitrogens with zero attached hydrogens (tertiary/aromatic N) is 2. The first-order valence-corrected chi connectivity index (χ1v) is 11.5. The highest BCUT2D eigenvalue weighted by molar-refractivity contribution is 7.99. The van der Waals surface area contributed by atoms with Crippen molar-refractivity contribution in [1.29, 1.82) is 0 Å². The Morgan fingerprint density at radius 1 is 1.07 bits per heavy atom. The van der Waals surface area contributed by atoms with Crippen molar-refractivity contribution in [3.63, 3.8) is 0 Å². The summed E-state index contributed by atoms with van der Waals surface area (Å²) in [4.78, 5) is 18.7. The third-order valence-corrected chi connectivity index (χ3v) is 6.57. The van der Waals surface area contributed by atoms with Gasteiger partial charge in [-0.15, -0.1) is 11.3 Å². The number of para-hydroxylation sites is 2. The Labute approximate surface area is 179 Å². The lowest BCUT2D eigenvalue weighted by molar-refractivity contribution is -0.119. The van der Waals surface area contributed by atoms with Crippen LogP contribution in [0.5, 0.6) is 0 Å². The Bertz CT molecular complexity index is 1090. The molecule has 0 radical (unpaired) electrons. The minimum atomic E-state index is -0.131. The molecule has 148 valence electrons. The number of imidazole rings is 1. The SMILES string of the molecule is CC(C)n1c(SCC(=O)NC(c2ccccc2)c2cccs2)nc2ccccc21. The van der Waals surface area contributed by atoms with Crippen LogP contribution in [0.2, 0.25) is 0 Å². The van der Waals surface area contributed by atoms with Crippen LogP contribution in [0.1, 0.15) is 36.4 Å². The van der Waals surface area contributed by atoms with Gasteiger partial charge in [-0.05, 0) is 43.0 Å². The fourth-order valence-corrected chi connectivity index (χ4v) is 5.13. The van der Waals surface area contributed by atoms with Gasteiger partial charge in [-0.3, -0.25) is 4.79 Å². The monoisotopic (exact) mass is 421 g/mol. The van der Waals surface area contributed by atoms with Crippen LogP contribution in [-0.2, 0) is 4.79 Å². The first kappa shape index (κ1) is 19.7. The van der Waals surface area contributed by atoms with Crippen LogP contribution in [0.15, 0.2) is 77.3 Å². The van der Waals surface area contributed by atoms with E-state index in [1.54, 1.807) is 11.3 Å². The highest BCUT2D eigenvalue weighted by Crippen LogP contribution is 2.29. The second-order valence-electron chi connectivity index (χ2n) is 7.06. The predicted octanol–water partition coefficient (Wildman–Crippen LogP) is 5.68. The van der Waals surface area contributed by atoms with Crippen LogP contribution in [-0.4, -0.2) is 21.2 Å². The molecule has 1 amide bonds. The van der Waals surface area contributed by atoms with Gasteiger partial charge in [-0.25, -0.2) is 4.98 Å². The van der Waals surface area contributed by atoms with Crippen LogP contribution >= 0.6 is 23.1 Å². The van der Waals surface area contributed by atoms with E-state index >= 15 is 0 Å². The van der Waals surface area contributed by atoms with Gasteiger partial charge in [0.2, 0.25) is 5.91 Å². The van der Waals surface area contributed by atoms with E-state index in [1.165, 1.54) is 11.8 Å². The molecular weight excluding hydrogens is 398 g/mol. The molecule has 1 N–H and O–H groups in total. The molecule has 0 saturated heterocycles. The lowest BCUT2D eigenvalue weighted by Gasteiger charge is -2.18. The number of thioether (sulfide) groups is 1. The molecule has 2 aromatic carbocycles. The summed E-state index contributed by atoms with van der Waals surface area (Å²) in [5.74, 6) is 0.324. The van der Waals surface area contributed by atoms with E-state index in [0.717, 1.165) is 26.6 Å². The zero-order chi connectivity index (χ0) is 20.2. The average Bonchev–Trinajstić information content (AvgIpc) is 3.38. The molecular formula is C23H23N3OS2. The fraction of sp³-hybridized carbons (Fsp3) is 0.217. The molecule has 0 aliphatic heterocycles. The number of thiophene rings is 1. The van der Waals surface area contributed by atoms with Gasteiger partial charge in [0.05, 0.1) is 22.8 Å². The molecule has 4 aromatic rings. The number of carbonyl (C=O) groups is 1. The number of amides is 1. The van der Waals surface area contributed by atoms with Crippen molar-refractivity contribution < 1.29 is 4.79 Å². The van der Waals surface area contributed by atoms with Gasteiger partial charge < -0.3 is 9.88 Å². The summed E-state index contributed by atoms with van der Waals surface area (Å²) in [5, 5.41) is 6.12. The number of benzene rings is 2. The van der Waals surface area contributed by atoms with Crippen LogP contribution in [0, 0.1) is 0 Å². The smallest absolute Gasteiger partial charge is 0.231 e. The predicted molar refractivity (Wildman–Crippen MR) is 122 cm³/mol. The fourth-order valence-electron chi connectivity index (χ4n) is 3.38. The molecule has 0 bridgehead atoms. The summed E-state index contributed by atoms with van der Waals surface area (Å²) >= 11 is 3.14. The summed E-state index contributed by atoms with van der Waals surface area (Å²) in [7, 11) is 0. The van der Waals surface area contributed by atoms with Gasteiger partial charge in [-0.1, -0.05) is 60.3 Å². The van der Waals surface area contributed by atoms with E-state index in [0.29, 0.717) is 5.75 Å². The highest BCUT2D eigenvalue weighted by Gasteiger charge is 2.19. The number of hydrogen-bond acceptors (Lipinski definition) is 4. The first-order valence-electron chi connectivity index (χ1n) is 9.61. The topological polar surface area (TPSA) is 46.9 Å². The first-order chi connectivity index (χ1) is 14.1. The van der Waals surface area contributed by atoms with Gasteiger partial charge in [0.1, 0.15) is 0 Å². The lowest BCUT2D eigenvalue weighted by Crippen LogP contribution is -2.30. The quantitative estimate of drug-likeness (QED) is 0.391. The zero-order valence-electron chi connectivity index (χ0n) is 16.4. The molecule has 0 saturated carbocycles. The standard InChI is InChI=1S/C23H23N3OS2/c1-16(2)26-19-12-7-6-11-18(19)24-23(26)29-15-21(27)25-22(20-13-8-14-28-20)17-9-4-3-5-10-17/h3-14,16,22H,15H2,1-2H3,(H,25,27). The molecule has 1 atom stereocenters. The van der Waals surface area contributed by atoms with Gasteiger partial charge in [-0.2, -0.15) is 0 Å². The molecule has 6 heteroatoms. The van der Waals surface area contributed by atoms with Crippen molar-refractivity contribution in [2.75, 3.05) is 5.75 Å². The molecule has 29 heavy (non-hydrogen) atoms. The average molecular weight is 422 g/mol. The largest absolute Gasteiger partial charge is 0.344 e. The van der Waals surface area contributed by atoms with Crippen molar-refractivity contribution in [3.05, 3.63) is 82.6 Å². The maximum absolute atomic E-state index is 12.8. The third kappa shape index (κ3) is 4.38. The van der Waals surface area contributed by atoms with Crippen molar-refractivity contribution in [3.8, 4) is 0 Å². The summed E-state index contributed by atoms with van der Waals surface area (Å²) in [6.07, 6.45) is 0. The van der Waals surface area contributed by atoms with E-state index in [1.807, 2.05) is 47.8 Å². The van der Waals surface area contributed by atoms with Crippen LogP contribution in [0.25, 0.3) is 11.0 Å². The number of aromatic nitrogens is 2. The minimum absolute atomic E-state index is 0.000356. The molecule has 0 fully saturated rings. The molecule has 0 aliphatic carbocycles. The van der Waals surface area contributed by atoms with Gasteiger partial charge in [0, 0.05) is 10.9 Å².